The van der Waals surface area contributed by atoms with E-state index >= 15 is 0 Å². The molecule has 0 radical (unpaired) electrons. The lowest BCUT2D eigenvalue weighted by Crippen LogP contribution is -2.56. The normalized spacial score (nSPS) is 34.7. The number of hydrogen-bond acceptors (Lipinski definition) is 2. The summed E-state index contributed by atoms with van der Waals surface area (Å²) >= 11 is 0. The highest BCUT2D eigenvalue weighted by Crippen LogP contribution is 2.34. The van der Waals surface area contributed by atoms with Gasteiger partial charge < -0.3 is 5.32 Å². The van der Waals surface area contributed by atoms with Crippen LogP contribution in [0.5, 0.6) is 0 Å². The van der Waals surface area contributed by atoms with E-state index in [4.69, 9.17) is 0 Å². The Morgan fingerprint density at radius 2 is 2.14 bits per heavy atom. The van der Waals surface area contributed by atoms with E-state index in [0.29, 0.717) is 0 Å². The average molecular weight is 196 g/mol. The van der Waals surface area contributed by atoms with Crippen molar-refractivity contribution in [3.05, 3.63) is 0 Å². The molecule has 0 aromatic rings. The van der Waals surface area contributed by atoms with Gasteiger partial charge in [-0.1, -0.05) is 13.3 Å². The minimum Gasteiger partial charge on any atom is -0.311 e. The molecule has 2 nitrogen and oxygen atoms in total. The summed E-state index contributed by atoms with van der Waals surface area (Å²) in [6.45, 7) is 8.44. The van der Waals surface area contributed by atoms with E-state index in [-0.39, 0.29) is 0 Å². The molecule has 14 heavy (non-hydrogen) atoms. The van der Waals surface area contributed by atoms with E-state index in [1.54, 1.807) is 0 Å². The van der Waals surface area contributed by atoms with Crippen molar-refractivity contribution in [1.29, 1.82) is 0 Å². The molecule has 82 valence electrons. The van der Waals surface area contributed by atoms with Crippen molar-refractivity contribution in [3.63, 3.8) is 0 Å². The summed E-state index contributed by atoms with van der Waals surface area (Å²) in [5.41, 5.74) is 0. The van der Waals surface area contributed by atoms with E-state index in [2.05, 4.69) is 24.1 Å². The Kier molecular flexibility index (Phi) is 3.45. The first-order chi connectivity index (χ1) is 6.81. The molecule has 2 rings (SSSR count). The lowest BCUT2D eigenvalue weighted by Gasteiger charge is -2.39. The molecular weight excluding hydrogens is 172 g/mol. The van der Waals surface area contributed by atoms with Crippen LogP contribution < -0.4 is 5.32 Å². The van der Waals surface area contributed by atoms with Crippen molar-refractivity contribution in [3.8, 4) is 0 Å². The van der Waals surface area contributed by atoms with Crippen molar-refractivity contribution in [2.24, 2.45) is 5.92 Å². The first-order valence-corrected chi connectivity index (χ1v) is 6.28. The van der Waals surface area contributed by atoms with Gasteiger partial charge in [0.2, 0.25) is 0 Å². The van der Waals surface area contributed by atoms with Crippen LogP contribution >= 0.6 is 0 Å². The second-order valence-corrected chi connectivity index (χ2v) is 5.05. The largest absolute Gasteiger partial charge is 0.311 e. The average Bonchev–Trinajstić information content (AvgIpc) is 3.00. The number of nitrogens with one attached hydrogen (secondary N) is 1. The molecule has 1 N–H and O–H groups in total. The molecular formula is C12H24N2. The summed E-state index contributed by atoms with van der Waals surface area (Å²) in [6.07, 6.45) is 5.62. The van der Waals surface area contributed by atoms with Crippen LogP contribution in [0, 0.1) is 5.92 Å². The van der Waals surface area contributed by atoms with Crippen LogP contribution in [0.4, 0.5) is 0 Å². The minimum atomic E-state index is 0.747. The van der Waals surface area contributed by atoms with Crippen molar-refractivity contribution < 1.29 is 0 Å². The third-order valence-corrected chi connectivity index (χ3v) is 3.72. The Morgan fingerprint density at radius 3 is 2.79 bits per heavy atom. The first kappa shape index (κ1) is 10.4. The molecule has 2 atom stereocenters. The third kappa shape index (κ3) is 2.48. The molecule has 2 aliphatic rings. The lowest BCUT2D eigenvalue weighted by molar-refractivity contribution is 0.131. The summed E-state index contributed by atoms with van der Waals surface area (Å²) in [5.74, 6) is 1.01. The molecule has 1 saturated carbocycles. The molecule has 1 saturated heterocycles. The monoisotopic (exact) mass is 196 g/mol. The first-order valence-electron chi connectivity index (χ1n) is 6.28. The van der Waals surface area contributed by atoms with Gasteiger partial charge in [0.1, 0.15) is 0 Å². The van der Waals surface area contributed by atoms with Crippen LogP contribution in [0.3, 0.4) is 0 Å². The topological polar surface area (TPSA) is 15.3 Å². The molecule has 0 aromatic carbocycles. The van der Waals surface area contributed by atoms with Gasteiger partial charge in [-0.25, -0.2) is 0 Å². The van der Waals surface area contributed by atoms with Gasteiger partial charge in [-0.2, -0.15) is 0 Å². The maximum absolute atomic E-state index is 3.70. The van der Waals surface area contributed by atoms with Crippen molar-refractivity contribution in [2.45, 2.75) is 51.6 Å². The van der Waals surface area contributed by atoms with E-state index in [9.17, 15) is 0 Å². The van der Waals surface area contributed by atoms with Crippen molar-refractivity contribution >= 4 is 0 Å². The summed E-state index contributed by atoms with van der Waals surface area (Å²) in [4.78, 5) is 2.68. The second kappa shape index (κ2) is 4.63. The van der Waals surface area contributed by atoms with Crippen LogP contribution in [0.1, 0.15) is 39.5 Å². The van der Waals surface area contributed by atoms with Gasteiger partial charge in [0.15, 0.2) is 0 Å². The van der Waals surface area contributed by atoms with Crippen LogP contribution in [0.15, 0.2) is 0 Å². The summed E-state index contributed by atoms with van der Waals surface area (Å²) in [5, 5.41) is 3.70. The van der Waals surface area contributed by atoms with E-state index in [1.165, 1.54) is 45.3 Å². The van der Waals surface area contributed by atoms with Gasteiger partial charge in [0, 0.05) is 25.2 Å². The Morgan fingerprint density at radius 1 is 1.36 bits per heavy atom. The van der Waals surface area contributed by atoms with Crippen LogP contribution in [0.2, 0.25) is 0 Å². The Hall–Kier alpha value is -0.0800. The highest BCUT2D eigenvalue weighted by Gasteiger charge is 2.35. The summed E-state index contributed by atoms with van der Waals surface area (Å²) in [7, 11) is 0. The van der Waals surface area contributed by atoms with E-state index < -0.39 is 0 Å². The van der Waals surface area contributed by atoms with Gasteiger partial charge >= 0.3 is 0 Å². The molecule has 0 aromatic heterocycles. The molecule has 0 bridgehead atoms. The highest BCUT2D eigenvalue weighted by molar-refractivity contribution is 4.93. The zero-order valence-electron chi connectivity index (χ0n) is 9.63. The number of unbranched alkanes of at least 4 members (excludes halogenated alkanes) is 1. The van der Waals surface area contributed by atoms with E-state index in [1.807, 2.05) is 0 Å². The summed E-state index contributed by atoms with van der Waals surface area (Å²) < 4.78 is 0. The van der Waals surface area contributed by atoms with Gasteiger partial charge in [0.05, 0.1) is 0 Å². The fourth-order valence-corrected chi connectivity index (χ4v) is 2.44. The molecule has 1 aliphatic heterocycles. The number of nitrogens with zero attached hydrogens (tertiary/aromatic N) is 1. The smallest absolute Gasteiger partial charge is 0.0224 e. The van der Waals surface area contributed by atoms with Gasteiger partial charge in [-0.15, -0.1) is 0 Å². The predicted molar refractivity (Wildman–Crippen MR) is 60.5 cm³/mol. The fraction of sp³-hybridized carbons (Fsp3) is 1.00. The van der Waals surface area contributed by atoms with Crippen molar-refractivity contribution in [2.75, 3.05) is 19.6 Å². The maximum atomic E-state index is 3.70. The van der Waals surface area contributed by atoms with E-state index in [0.717, 1.165) is 18.0 Å². The Balaban J connectivity index is 1.79. The SMILES string of the molecule is CCCCN1CC(C2CC2)NCC1C. The Labute approximate surface area is 88.1 Å². The van der Waals surface area contributed by atoms with Gasteiger partial charge in [-0.3, -0.25) is 4.90 Å². The van der Waals surface area contributed by atoms with Crippen LogP contribution in [-0.2, 0) is 0 Å². The Bertz CT molecular complexity index is 177. The molecule has 0 spiro atoms. The van der Waals surface area contributed by atoms with Crippen LogP contribution in [0.25, 0.3) is 0 Å². The maximum Gasteiger partial charge on any atom is 0.0224 e. The second-order valence-electron chi connectivity index (χ2n) is 5.05. The zero-order chi connectivity index (χ0) is 9.97. The lowest BCUT2D eigenvalue weighted by atomic mass is 10.1. The predicted octanol–water partition coefficient (Wildman–Crippen LogP) is 1.86. The highest BCUT2D eigenvalue weighted by atomic mass is 15.2. The molecule has 1 aliphatic carbocycles. The molecule has 2 unspecified atom stereocenters. The van der Waals surface area contributed by atoms with Gasteiger partial charge in [0.25, 0.3) is 0 Å². The number of piperazine rings is 1. The summed E-state index contributed by atoms with van der Waals surface area (Å²) in [6, 6.07) is 1.56. The molecule has 2 heteroatoms. The minimum absolute atomic E-state index is 0.747. The zero-order valence-corrected chi connectivity index (χ0v) is 9.63. The molecule has 0 amide bonds. The quantitative estimate of drug-likeness (QED) is 0.738. The molecule has 1 heterocycles. The molecule has 2 fully saturated rings. The van der Waals surface area contributed by atoms with Crippen LogP contribution in [-0.4, -0.2) is 36.6 Å². The number of rotatable bonds is 4. The fourth-order valence-electron chi connectivity index (χ4n) is 2.44. The number of hydrogen-bond donors (Lipinski definition) is 1. The van der Waals surface area contributed by atoms with Crippen molar-refractivity contribution in [1.82, 2.24) is 10.2 Å². The third-order valence-electron chi connectivity index (χ3n) is 3.72. The van der Waals surface area contributed by atoms with Gasteiger partial charge in [-0.05, 0) is 38.6 Å². The standard InChI is InChI=1S/C12H24N2/c1-3-4-7-14-9-12(11-5-6-11)13-8-10(14)2/h10-13H,3-9H2,1-2H3.